The number of nitrogens with zero attached hydrogens (tertiary/aromatic N) is 1. The van der Waals surface area contributed by atoms with Crippen molar-refractivity contribution >= 4 is 34.8 Å². The third-order valence-corrected chi connectivity index (χ3v) is 5.38. The highest BCUT2D eigenvalue weighted by molar-refractivity contribution is 7.16. The summed E-state index contributed by atoms with van der Waals surface area (Å²) in [5.74, 6) is -0.813. The maximum absolute atomic E-state index is 12.4. The number of amides is 1. The van der Waals surface area contributed by atoms with Crippen LogP contribution in [-0.4, -0.2) is 28.4 Å². The van der Waals surface area contributed by atoms with Gasteiger partial charge in [-0.3, -0.25) is 4.79 Å². The van der Waals surface area contributed by atoms with Crippen molar-refractivity contribution in [2.45, 2.75) is 25.8 Å². The molecule has 0 bridgehead atoms. The number of aromatic carboxylic acids is 1. The summed E-state index contributed by atoms with van der Waals surface area (Å²) in [5.41, 5.74) is 2.39. The maximum atomic E-state index is 12.4. The molecule has 3 rings (SSSR count). The molecule has 0 fully saturated rings. The van der Waals surface area contributed by atoms with Gasteiger partial charge in [0.15, 0.2) is 0 Å². The van der Waals surface area contributed by atoms with Crippen molar-refractivity contribution in [1.82, 2.24) is 4.90 Å². The first kappa shape index (κ1) is 16.0. The first-order chi connectivity index (χ1) is 11.0. The van der Waals surface area contributed by atoms with Crippen LogP contribution in [0.15, 0.2) is 30.3 Å². The molecule has 0 spiro atoms. The van der Waals surface area contributed by atoms with Crippen molar-refractivity contribution in [3.63, 3.8) is 0 Å². The second-order valence-corrected chi connectivity index (χ2v) is 7.33. The molecule has 0 saturated heterocycles. The lowest BCUT2D eigenvalue weighted by Gasteiger charge is -2.27. The Hall–Kier alpha value is -1.85. The van der Waals surface area contributed by atoms with Gasteiger partial charge in [-0.25, -0.2) is 4.79 Å². The lowest BCUT2D eigenvalue weighted by atomic mass is 10.1. The van der Waals surface area contributed by atoms with Gasteiger partial charge in [0.05, 0.1) is 9.90 Å². The van der Waals surface area contributed by atoms with Gasteiger partial charge in [0.1, 0.15) is 0 Å². The predicted octanol–water partition coefficient (Wildman–Crippen LogP) is 3.62. The summed E-state index contributed by atoms with van der Waals surface area (Å²) in [6.45, 7) is 1.37. The molecule has 23 heavy (non-hydrogen) atoms. The smallest absolute Gasteiger partial charge is 0.335 e. The van der Waals surface area contributed by atoms with Gasteiger partial charge < -0.3 is 10.0 Å². The number of hydrogen-bond donors (Lipinski definition) is 1. The van der Waals surface area contributed by atoms with E-state index in [0.717, 1.165) is 28.4 Å². The van der Waals surface area contributed by atoms with Crippen molar-refractivity contribution < 1.29 is 14.7 Å². The molecule has 0 atom stereocenters. The van der Waals surface area contributed by atoms with Gasteiger partial charge in [-0.1, -0.05) is 23.7 Å². The fourth-order valence-corrected chi connectivity index (χ4v) is 4.03. The maximum Gasteiger partial charge on any atom is 0.335 e. The van der Waals surface area contributed by atoms with E-state index in [9.17, 15) is 9.59 Å². The van der Waals surface area contributed by atoms with Gasteiger partial charge in [0, 0.05) is 24.4 Å². The summed E-state index contributed by atoms with van der Waals surface area (Å²) in [7, 11) is 0. The largest absolute Gasteiger partial charge is 0.478 e. The Morgan fingerprint density at radius 2 is 2.00 bits per heavy atom. The van der Waals surface area contributed by atoms with Crippen LogP contribution in [0.3, 0.4) is 0 Å². The van der Waals surface area contributed by atoms with Crippen LogP contribution in [0.25, 0.3) is 0 Å². The molecule has 2 aromatic rings. The van der Waals surface area contributed by atoms with Crippen LogP contribution in [0.1, 0.15) is 32.8 Å². The van der Waals surface area contributed by atoms with Crippen LogP contribution >= 0.6 is 22.9 Å². The van der Waals surface area contributed by atoms with E-state index in [1.165, 1.54) is 4.88 Å². The third kappa shape index (κ3) is 3.74. The Morgan fingerprint density at radius 1 is 1.26 bits per heavy atom. The van der Waals surface area contributed by atoms with E-state index in [-0.39, 0.29) is 11.5 Å². The molecule has 120 valence electrons. The predicted molar refractivity (Wildman–Crippen MR) is 90.2 cm³/mol. The van der Waals surface area contributed by atoms with E-state index in [0.29, 0.717) is 19.4 Å². The topological polar surface area (TPSA) is 57.6 Å². The number of thiophene rings is 1. The number of hydrogen-bond acceptors (Lipinski definition) is 3. The molecular weight excluding hydrogens is 334 g/mol. The van der Waals surface area contributed by atoms with E-state index in [1.807, 2.05) is 11.0 Å². The lowest BCUT2D eigenvalue weighted by Crippen LogP contribution is -2.35. The molecule has 1 aromatic carbocycles. The summed E-state index contributed by atoms with van der Waals surface area (Å²) >= 11 is 7.62. The molecule has 1 aliphatic heterocycles. The number of rotatable bonds is 4. The zero-order valence-corrected chi connectivity index (χ0v) is 14.0. The van der Waals surface area contributed by atoms with E-state index in [1.54, 1.807) is 35.6 Å². The molecule has 0 radical (unpaired) electrons. The molecule has 1 aliphatic rings. The molecular formula is C17H16ClNO3S. The fraction of sp³-hybridized carbons (Fsp3) is 0.294. The zero-order valence-electron chi connectivity index (χ0n) is 12.4. The second-order valence-electron chi connectivity index (χ2n) is 5.57. The second kappa shape index (κ2) is 6.72. The van der Waals surface area contributed by atoms with E-state index in [2.05, 4.69) is 0 Å². The Bertz CT molecular complexity index is 739. The standard InChI is InChI=1S/C17H16ClNO3S/c18-15-9-13-10-19(8-7-14(13)23-15)16(20)6-3-11-1-4-12(5-2-11)17(21)22/h1-2,4-5,9H,3,6-8,10H2,(H,21,22). The summed E-state index contributed by atoms with van der Waals surface area (Å²) in [5, 5.41) is 8.88. The molecule has 0 saturated carbocycles. The van der Waals surface area contributed by atoms with Crippen LogP contribution < -0.4 is 0 Å². The van der Waals surface area contributed by atoms with Crippen LogP contribution in [0.2, 0.25) is 4.34 Å². The van der Waals surface area contributed by atoms with Gasteiger partial charge in [-0.15, -0.1) is 11.3 Å². The number of carbonyl (C=O) groups is 2. The van der Waals surface area contributed by atoms with Crippen molar-refractivity contribution in [3.8, 4) is 0 Å². The number of carbonyl (C=O) groups excluding carboxylic acids is 1. The van der Waals surface area contributed by atoms with Gasteiger partial charge in [0.2, 0.25) is 5.91 Å². The Balaban J connectivity index is 1.56. The van der Waals surface area contributed by atoms with E-state index < -0.39 is 5.97 Å². The SMILES string of the molecule is O=C(O)c1ccc(CCC(=O)N2CCc3sc(Cl)cc3C2)cc1. The van der Waals surface area contributed by atoms with Crippen LogP contribution in [-0.2, 0) is 24.2 Å². The molecule has 0 aliphatic carbocycles. The average molecular weight is 350 g/mol. The first-order valence-electron chi connectivity index (χ1n) is 7.40. The number of carboxylic acids is 1. The average Bonchev–Trinajstić information content (AvgIpc) is 2.92. The molecule has 1 amide bonds. The highest BCUT2D eigenvalue weighted by Crippen LogP contribution is 2.31. The normalized spacial score (nSPS) is 13.7. The van der Waals surface area contributed by atoms with Crippen LogP contribution in [0.5, 0.6) is 0 Å². The van der Waals surface area contributed by atoms with Crippen molar-refractivity contribution in [2.24, 2.45) is 0 Å². The third-order valence-electron chi connectivity index (χ3n) is 4.02. The van der Waals surface area contributed by atoms with Crippen LogP contribution in [0.4, 0.5) is 0 Å². The summed E-state index contributed by atoms with van der Waals surface area (Å²) in [6.07, 6.45) is 1.91. The zero-order chi connectivity index (χ0) is 16.4. The minimum Gasteiger partial charge on any atom is -0.478 e. The Labute approximate surface area is 143 Å². The van der Waals surface area contributed by atoms with Gasteiger partial charge in [-0.05, 0) is 42.2 Å². The summed E-state index contributed by atoms with van der Waals surface area (Å²) in [4.78, 5) is 26.3. The molecule has 1 aromatic heterocycles. The molecule has 2 heterocycles. The van der Waals surface area contributed by atoms with Crippen molar-refractivity contribution in [1.29, 1.82) is 0 Å². The van der Waals surface area contributed by atoms with Crippen molar-refractivity contribution in [2.75, 3.05) is 6.54 Å². The first-order valence-corrected chi connectivity index (χ1v) is 8.59. The summed E-state index contributed by atoms with van der Waals surface area (Å²) < 4.78 is 0.780. The molecule has 6 heteroatoms. The highest BCUT2D eigenvalue weighted by Gasteiger charge is 2.22. The lowest BCUT2D eigenvalue weighted by molar-refractivity contribution is -0.132. The van der Waals surface area contributed by atoms with Gasteiger partial charge in [0.25, 0.3) is 0 Å². The quantitative estimate of drug-likeness (QED) is 0.917. The van der Waals surface area contributed by atoms with Gasteiger partial charge >= 0.3 is 5.97 Å². The number of benzene rings is 1. The number of carboxylic acid groups (broad SMARTS) is 1. The fourth-order valence-electron chi connectivity index (χ4n) is 2.73. The molecule has 4 nitrogen and oxygen atoms in total. The minimum absolute atomic E-state index is 0.125. The molecule has 0 unspecified atom stereocenters. The number of halogens is 1. The Morgan fingerprint density at radius 3 is 2.70 bits per heavy atom. The monoisotopic (exact) mass is 349 g/mol. The highest BCUT2D eigenvalue weighted by atomic mass is 35.5. The minimum atomic E-state index is -0.939. The van der Waals surface area contributed by atoms with E-state index in [4.69, 9.17) is 16.7 Å². The summed E-state index contributed by atoms with van der Waals surface area (Å²) in [6, 6.07) is 8.63. The van der Waals surface area contributed by atoms with Crippen LogP contribution in [0, 0.1) is 0 Å². The van der Waals surface area contributed by atoms with Crippen molar-refractivity contribution in [3.05, 3.63) is 56.2 Å². The Kier molecular flexibility index (Phi) is 4.68. The van der Waals surface area contributed by atoms with E-state index >= 15 is 0 Å². The molecule has 1 N–H and O–H groups in total. The number of fused-ring (bicyclic) bond motifs is 1. The van der Waals surface area contributed by atoms with Gasteiger partial charge in [-0.2, -0.15) is 0 Å². The number of aryl methyl sites for hydroxylation is 1.